The summed E-state index contributed by atoms with van der Waals surface area (Å²) in [6.45, 7) is 3.50. The Morgan fingerprint density at radius 2 is 1.32 bits per heavy atom. The van der Waals surface area contributed by atoms with Gasteiger partial charge in [-0.05, 0) is 38.6 Å². The molecule has 0 amide bonds. The van der Waals surface area contributed by atoms with Crippen LogP contribution < -0.4 is 16.4 Å². The highest BCUT2D eigenvalue weighted by molar-refractivity contribution is 4.90. The van der Waals surface area contributed by atoms with Crippen LogP contribution in [0, 0.1) is 0 Å². The van der Waals surface area contributed by atoms with Crippen molar-refractivity contribution in [3.8, 4) is 0 Å². The van der Waals surface area contributed by atoms with E-state index in [1.807, 2.05) is 0 Å². The largest absolute Gasteiger partial charge is 0.326 e. The third-order valence-electron chi connectivity index (χ3n) is 7.20. The van der Waals surface area contributed by atoms with Crippen LogP contribution in [-0.2, 0) is 0 Å². The maximum absolute atomic E-state index is 6.72. The molecule has 0 radical (unpaired) electrons. The van der Waals surface area contributed by atoms with Crippen molar-refractivity contribution in [3.05, 3.63) is 0 Å². The Hall–Kier alpha value is -0.120. The van der Waals surface area contributed by atoms with Gasteiger partial charge in [-0.25, -0.2) is 0 Å². The molecule has 2 aliphatic rings. The zero-order valence-corrected chi connectivity index (χ0v) is 19.0. The standard InChI is InChI=1S/C25H51N3/c1-2-3-4-5-8-12-17-22(26)23-18-14-11-15-20-25(28-23)24-19-13-9-6-7-10-16-21-27-24/h22-25,27-28H,2-21,26H2,1H3. The second-order valence-electron chi connectivity index (χ2n) is 9.71. The van der Waals surface area contributed by atoms with Gasteiger partial charge in [0.2, 0.25) is 0 Å². The lowest BCUT2D eigenvalue weighted by atomic mass is 9.88. The number of nitrogens with one attached hydrogen (secondary N) is 2. The van der Waals surface area contributed by atoms with Gasteiger partial charge in [0, 0.05) is 24.2 Å². The van der Waals surface area contributed by atoms with Crippen molar-refractivity contribution in [2.24, 2.45) is 5.73 Å². The summed E-state index contributed by atoms with van der Waals surface area (Å²) < 4.78 is 0. The van der Waals surface area contributed by atoms with Crippen molar-refractivity contribution in [2.45, 2.75) is 153 Å². The van der Waals surface area contributed by atoms with Crippen LogP contribution in [0.5, 0.6) is 0 Å². The predicted molar refractivity (Wildman–Crippen MR) is 124 cm³/mol. The first kappa shape index (κ1) is 24.2. The Morgan fingerprint density at radius 1 is 0.714 bits per heavy atom. The van der Waals surface area contributed by atoms with Crippen LogP contribution in [0.4, 0.5) is 0 Å². The van der Waals surface area contributed by atoms with Crippen LogP contribution in [0.3, 0.4) is 0 Å². The maximum atomic E-state index is 6.72. The molecule has 0 aromatic heterocycles. The molecule has 0 aromatic rings. The van der Waals surface area contributed by atoms with Gasteiger partial charge in [0.1, 0.15) is 0 Å². The molecular weight excluding hydrogens is 342 g/mol. The molecule has 0 aromatic carbocycles. The van der Waals surface area contributed by atoms with E-state index in [-0.39, 0.29) is 0 Å². The maximum Gasteiger partial charge on any atom is 0.0224 e. The molecule has 2 aliphatic heterocycles. The van der Waals surface area contributed by atoms with Gasteiger partial charge in [-0.3, -0.25) is 0 Å². The van der Waals surface area contributed by atoms with Crippen molar-refractivity contribution >= 4 is 0 Å². The molecule has 0 aliphatic carbocycles. The summed E-state index contributed by atoms with van der Waals surface area (Å²) in [7, 11) is 0. The normalized spacial score (nSPS) is 29.6. The van der Waals surface area contributed by atoms with E-state index in [0.717, 1.165) is 0 Å². The first-order valence-corrected chi connectivity index (χ1v) is 13.1. The molecule has 4 unspecified atom stereocenters. The van der Waals surface area contributed by atoms with E-state index >= 15 is 0 Å². The van der Waals surface area contributed by atoms with Crippen molar-refractivity contribution in [1.82, 2.24) is 10.6 Å². The minimum atomic E-state index is 0.339. The molecule has 2 saturated heterocycles. The summed E-state index contributed by atoms with van der Waals surface area (Å²) in [4.78, 5) is 0. The monoisotopic (exact) mass is 393 g/mol. The molecule has 166 valence electrons. The van der Waals surface area contributed by atoms with E-state index < -0.39 is 0 Å². The summed E-state index contributed by atoms with van der Waals surface area (Å²) >= 11 is 0. The highest BCUT2D eigenvalue weighted by Gasteiger charge is 2.27. The van der Waals surface area contributed by atoms with Crippen molar-refractivity contribution in [3.63, 3.8) is 0 Å². The van der Waals surface area contributed by atoms with Crippen LogP contribution in [0.1, 0.15) is 129 Å². The molecule has 4 N–H and O–H groups in total. The Balaban J connectivity index is 1.80. The smallest absolute Gasteiger partial charge is 0.0224 e. The van der Waals surface area contributed by atoms with Crippen LogP contribution >= 0.6 is 0 Å². The second-order valence-corrected chi connectivity index (χ2v) is 9.71. The third kappa shape index (κ3) is 10.1. The first-order valence-electron chi connectivity index (χ1n) is 13.1. The van der Waals surface area contributed by atoms with E-state index in [1.165, 1.54) is 129 Å². The van der Waals surface area contributed by atoms with Crippen molar-refractivity contribution in [1.29, 1.82) is 0 Å². The van der Waals surface area contributed by atoms with Gasteiger partial charge < -0.3 is 16.4 Å². The third-order valence-corrected chi connectivity index (χ3v) is 7.20. The van der Waals surface area contributed by atoms with E-state index in [0.29, 0.717) is 24.2 Å². The molecule has 3 heteroatoms. The van der Waals surface area contributed by atoms with Gasteiger partial charge in [-0.1, -0.05) is 96.8 Å². The Bertz CT molecular complexity index is 350. The average Bonchev–Trinajstić information content (AvgIpc) is 2.69. The number of rotatable bonds is 9. The average molecular weight is 394 g/mol. The van der Waals surface area contributed by atoms with Crippen LogP contribution in [0.15, 0.2) is 0 Å². The quantitative estimate of drug-likeness (QED) is 0.417. The molecule has 3 nitrogen and oxygen atoms in total. The number of nitrogens with two attached hydrogens (primary N) is 1. The van der Waals surface area contributed by atoms with Crippen LogP contribution in [0.2, 0.25) is 0 Å². The zero-order chi connectivity index (χ0) is 19.9. The molecule has 4 atom stereocenters. The SMILES string of the molecule is CCCCCCCCC(N)C1CCCCCC(C2CCCCCCCCN2)N1. The van der Waals surface area contributed by atoms with Crippen molar-refractivity contribution < 1.29 is 0 Å². The fourth-order valence-corrected chi connectivity index (χ4v) is 5.29. The van der Waals surface area contributed by atoms with E-state index in [9.17, 15) is 0 Å². The number of unbranched alkanes of at least 4 members (excludes halogenated alkanes) is 5. The Labute approximate surface area is 176 Å². The Kier molecular flexibility index (Phi) is 13.5. The molecular formula is C25H51N3. The van der Waals surface area contributed by atoms with Gasteiger partial charge >= 0.3 is 0 Å². The highest BCUT2D eigenvalue weighted by atomic mass is 15.1. The zero-order valence-electron chi connectivity index (χ0n) is 19.0. The molecule has 2 fully saturated rings. The second kappa shape index (κ2) is 15.7. The van der Waals surface area contributed by atoms with Crippen molar-refractivity contribution in [2.75, 3.05) is 6.54 Å². The van der Waals surface area contributed by atoms with Crippen LogP contribution in [0.25, 0.3) is 0 Å². The van der Waals surface area contributed by atoms with E-state index in [2.05, 4.69) is 17.6 Å². The minimum absolute atomic E-state index is 0.339. The van der Waals surface area contributed by atoms with Gasteiger partial charge in [-0.15, -0.1) is 0 Å². The first-order chi connectivity index (χ1) is 13.8. The lowest BCUT2D eigenvalue weighted by molar-refractivity contribution is 0.245. The predicted octanol–water partition coefficient (Wildman–Crippen LogP) is 6.06. The molecule has 2 rings (SSSR count). The number of hydrogen-bond donors (Lipinski definition) is 3. The summed E-state index contributed by atoms with van der Waals surface area (Å²) in [6.07, 6.45) is 26.0. The minimum Gasteiger partial charge on any atom is -0.326 e. The number of hydrogen-bond acceptors (Lipinski definition) is 3. The molecule has 0 bridgehead atoms. The van der Waals surface area contributed by atoms with Gasteiger partial charge in [0.05, 0.1) is 0 Å². The molecule has 28 heavy (non-hydrogen) atoms. The molecule has 0 saturated carbocycles. The summed E-state index contributed by atoms with van der Waals surface area (Å²) in [6, 6.07) is 2.14. The van der Waals surface area contributed by atoms with Gasteiger partial charge in [0.25, 0.3) is 0 Å². The van der Waals surface area contributed by atoms with E-state index in [4.69, 9.17) is 5.73 Å². The summed E-state index contributed by atoms with van der Waals surface area (Å²) in [5, 5.41) is 8.02. The van der Waals surface area contributed by atoms with Gasteiger partial charge in [0.15, 0.2) is 0 Å². The molecule has 2 heterocycles. The van der Waals surface area contributed by atoms with Gasteiger partial charge in [-0.2, -0.15) is 0 Å². The lowest BCUT2D eigenvalue weighted by Crippen LogP contribution is -2.56. The summed E-state index contributed by atoms with van der Waals surface area (Å²) in [5.74, 6) is 0. The topological polar surface area (TPSA) is 50.1 Å². The fraction of sp³-hybridized carbons (Fsp3) is 1.00. The highest BCUT2D eigenvalue weighted by Crippen LogP contribution is 2.22. The van der Waals surface area contributed by atoms with Crippen LogP contribution in [-0.4, -0.2) is 30.7 Å². The molecule has 0 spiro atoms. The lowest BCUT2D eigenvalue weighted by Gasteiger charge is -2.37. The Morgan fingerprint density at radius 3 is 2.14 bits per heavy atom. The fourth-order valence-electron chi connectivity index (χ4n) is 5.29. The summed E-state index contributed by atoms with van der Waals surface area (Å²) in [5.41, 5.74) is 6.72. The van der Waals surface area contributed by atoms with E-state index in [1.54, 1.807) is 0 Å².